The minimum absolute atomic E-state index is 0.138. The molecule has 1 aromatic carbocycles. The highest BCUT2D eigenvalue weighted by Gasteiger charge is 2.39. The molecule has 1 aliphatic heterocycles. The van der Waals surface area contributed by atoms with E-state index in [-0.39, 0.29) is 5.56 Å². The SMILES string of the molecule is FC(F)(F)C[C@@H](c1cccc(C(F)(F)F)c1Cl)N1CCNCC1. The van der Waals surface area contributed by atoms with Gasteiger partial charge in [-0.25, -0.2) is 0 Å². The molecule has 1 atom stereocenters. The first-order valence-corrected chi connectivity index (χ1v) is 7.34. The lowest BCUT2D eigenvalue weighted by Gasteiger charge is -2.36. The summed E-state index contributed by atoms with van der Waals surface area (Å²) in [6.45, 7) is 1.58. The maximum Gasteiger partial charge on any atom is 0.417 e. The number of alkyl halides is 6. The number of hydrogen-bond donors (Lipinski definition) is 1. The summed E-state index contributed by atoms with van der Waals surface area (Å²) in [6.07, 6.45) is -10.5. The first-order valence-electron chi connectivity index (χ1n) is 6.97. The van der Waals surface area contributed by atoms with Gasteiger partial charge in [-0.2, -0.15) is 26.3 Å². The predicted octanol–water partition coefficient (Wildman–Crippen LogP) is 4.26. The first kappa shape index (κ1) is 18.4. The molecular weight excluding hydrogens is 346 g/mol. The number of rotatable bonds is 3. The Kier molecular flexibility index (Phi) is 5.48. The van der Waals surface area contributed by atoms with E-state index in [1.807, 2.05) is 0 Å². The van der Waals surface area contributed by atoms with Crippen molar-refractivity contribution < 1.29 is 26.3 Å². The third-order valence-corrected chi connectivity index (χ3v) is 4.13. The molecule has 1 heterocycles. The van der Waals surface area contributed by atoms with Gasteiger partial charge in [0.15, 0.2) is 0 Å². The number of hydrogen-bond acceptors (Lipinski definition) is 2. The zero-order valence-electron chi connectivity index (χ0n) is 11.9. The maximum atomic E-state index is 12.9. The molecule has 2 nitrogen and oxygen atoms in total. The highest BCUT2D eigenvalue weighted by atomic mass is 35.5. The van der Waals surface area contributed by atoms with Gasteiger partial charge < -0.3 is 5.32 Å². The molecule has 2 rings (SSSR count). The fraction of sp³-hybridized carbons (Fsp3) is 0.571. The van der Waals surface area contributed by atoms with Crippen molar-refractivity contribution in [1.29, 1.82) is 0 Å². The van der Waals surface area contributed by atoms with E-state index in [4.69, 9.17) is 11.6 Å². The third kappa shape index (κ3) is 4.74. The molecule has 0 aromatic heterocycles. The molecule has 0 amide bonds. The quantitative estimate of drug-likeness (QED) is 0.810. The lowest BCUT2D eigenvalue weighted by atomic mass is 9.98. The number of nitrogens with one attached hydrogen (secondary N) is 1. The highest BCUT2D eigenvalue weighted by molar-refractivity contribution is 6.32. The first-order chi connectivity index (χ1) is 10.6. The van der Waals surface area contributed by atoms with E-state index in [1.54, 1.807) is 0 Å². The van der Waals surface area contributed by atoms with Crippen LogP contribution in [0, 0.1) is 0 Å². The Balaban J connectivity index is 2.42. The standard InChI is InChI=1S/C14H15ClF6N2/c15-12-9(2-1-3-10(12)14(19,20)21)11(8-13(16,17)18)23-6-4-22-5-7-23/h1-3,11,22H,4-8H2/t11-/m0/s1. The Hall–Kier alpha value is -0.990. The predicted molar refractivity (Wildman–Crippen MR) is 74.3 cm³/mol. The molecule has 0 unspecified atom stereocenters. The lowest BCUT2D eigenvalue weighted by Crippen LogP contribution is -2.46. The van der Waals surface area contributed by atoms with Crippen LogP contribution in [0.1, 0.15) is 23.6 Å². The number of piperazine rings is 1. The summed E-state index contributed by atoms with van der Waals surface area (Å²) in [4.78, 5) is 1.52. The van der Waals surface area contributed by atoms with Crippen LogP contribution < -0.4 is 5.32 Å². The van der Waals surface area contributed by atoms with Crippen LogP contribution >= 0.6 is 11.6 Å². The van der Waals surface area contributed by atoms with Crippen LogP contribution in [0.25, 0.3) is 0 Å². The van der Waals surface area contributed by atoms with E-state index in [2.05, 4.69) is 5.32 Å². The van der Waals surface area contributed by atoms with Gasteiger partial charge >= 0.3 is 12.4 Å². The second-order valence-corrected chi connectivity index (χ2v) is 5.71. The molecule has 1 aliphatic rings. The van der Waals surface area contributed by atoms with E-state index >= 15 is 0 Å². The van der Waals surface area contributed by atoms with Gasteiger partial charge in [-0.1, -0.05) is 23.7 Å². The van der Waals surface area contributed by atoms with Crippen LogP contribution in [0.5, 0.6) is 0 Å². The van der Waals surface area contributed by atoms with Gasteiger partial charge in [0.05, 0.1) is 17.0 Å². The zero-order chi connectivity index (χ0) is 17.3. The van der Waals surface area contributed by atoms with Crippen molar-refractivity contribution in [3.05, 3.63) is 34.3 Å². The lowest BCUT2D eigenvalue weighted by molar-refractivity contribution is -0.148. The van der Waals surface area contributed by atoms with Crippen molar-refractivity contribution in [3.63, 3.8) is 0 Å². The molecule has 1 fully saturated rings. The highest BCUT2D eigenvalue weighted by Crippen LogP contribution is 2.42. The fourth-order valence-electron chi connectivity index (χ4n) is 2.67. The second-order valence-electron chi connectivity index (χ2n) is 5.33. The van der Waals surface area contributed by atoms with Crippen LogP contribution in [0.3, 0.4) is 0 Å². The van der Waals surface area contributed by atoms with Crippen LogP contribution in [0.2, 0.25) is 5.02 Å². The second kappa shape index (κ2) is 6.86. The minimum Gasteiger partial charge on any atom is -0.314 e. The molecule has 0 spiro atoms. The fourth-order valence-corrected chi connectivity index (χ4v) is 3.03. The van der Waals surface area contributed by atoms with E-state index in [0.29, 0.717) is 26.2 Å². The third-order valence-electron chi connectivity index (χ3n) is 3.71. The Morgan fingerprint density at radius 3 is 2.22 bits per heavy atom. The molecule has 1 N–H and O–H groups in total. The summed E-state index contributed by atoms with van der Waals surface area (Å²) in [6, 6.07) is 1.87. The molecular formula is C14H15ClF6N2. The van der Waals surface area contributed by atoms with Gasteiger partial charge in [0.1, 0.15) is 0 Å². The van der Waals surface area contributed by atoms with E-state index in [1.165, 1.54) is 11.0 Å². The average Bonchev–Trinajstić information content (AvgIpc) is 2.44. The van der Waals surface area contributed by atoms with Crippen LogP contribution in [-0.2, 0) is 6.18 Å². The van der Waals surface area contributed by atoms with Gasteiger partial charge in [-0.05, 0) is 11.6 Å². The molecule has 1 saturated heterocycles. The van der Waals surface area contributed by atoms with Crippen molar-refractivity contribution in [2.75, 3.05) is 26.2 Å². The van der Waals surface area contributed by atoms with E-state index in [9.17, 15) is 26.3 Å². The topological polar surface area (TPSA) is 15.3 Å². The van der Waals surface area contributed by atoms with Crippen molar-refractivity contribution >= 4 is 11.6 Å². The van der Waals surface area contributed by atoms with E-state index < -0.39 is 35.4 Å². The minimum atomic E-state index is -4.71. The summed E-state index contributed by atoms with van der Waals surface area (Å²) in [5.41, 5.74) is -1.25. The smallest absolute Gasteiger partial charge is 0.314 e. The Morgan fingerprint density at radius 2 is 1.70 bits per heavy atom. The van der Waals surface area contributed by atoms with Crippen LogP contribution in [0.4, 0.5) is 26.3 Å². The molecule has 0 saturated carbocycles. The van der Waals surface area contributed by atoms with E-state index in [0.717, 1.165) is 12.1 Å². The summed E-state index contributed by atoms with van der Waals surface area (Å²) >= 11 is 5.81. The Labute approximate surface area is 134 Å². The van der Waals surface area contributed by atoms with Crippen molar-refractivity contribution in [1.82, 2.24) is 10.2 Å². The monoisotopic (exact) mass is 360 g/mol. The van der Waals surface area contributed by atoms with Crippen molar-refractivity contribution in [3.8, 4) is 0 Å². The van der Waals surface area contributed by atoms with Crippen molar-refractivity contribution in [2.45, 2.75) is 24.8 Å². The van der Waals surface area contributed by atoms with Gasteiger partial charge in [-0.3, -0.25) is 4.90 Å². The molecule has 0 radical (unpaired) electrons. The number of halogens is 7. The average molecular weight is 361 g/mol. The van der Waals surface area contributed by atoms with Crippen molar-refractivity contribution in [2.24, 2.45) is 0 Å². The summed E-state index contributed by atoms with van der Waals surface area (Å²) in [5.74, 6) is 0. The molecule has 9 heteroatoms. The maximum absolute atomic E-state index is 12.9. The number of benzene rings is 1. The Bertz CT molecular complexity index is 537. The van der Waals surface area contributed by atoms with Gasteiger partial charge in [-0.15, -0.1) is 0 Å². The van der Waals surface area contributed by atoms with Gasteiger partial charge in [0.25, 0.3) is 0 Å². The largest absolute Gasteiger partial charge is 0.417 e. The van der Waals surface area contributed by atoms with Crippen LogP contribution in [0.15, 0.2) is 18.2 Å². The summed E-state index contributed by atoms with van der Waals surface area (Å²) < 4.78 is 77.5. The van der Waals surface area contributed by atoms with Gasteiger partial charge in [0.2, 0.25) is 0 Å². The summed E-state index contributed by atoms with van der Waals surface area (Å²) in [7, 11) is 0. The molecule has 23 heavy (non-hydrogen) atoms. The molecule has 0 aliphatic carbocycles. The number of nitrogens with zero attached hydrogens (tertiary/aromatic N) is 1. The van der Waals surface area contributed by atoms with Crippen LogP contribution in [-0.4, -0.2) is 37.3 Å². The molecule has 1 aromatic rings. The normalized spacial score (nSPS) is 18.9. The summed E-state index contributed by atoms with van der Waals surface area (Å²) in [5, 5.41) is 2.34. The molecule has 130 valence electrons. The Morgan fingerprint density at radius 1 is 1.09 bits per heavy atom. The zero-order valence-corrected chi connectivity index (χ0v) is 12.7. The van der Waals surface area contributed by atoms with Gasteiger partial charge in [0, 0.05) is 32.2 Å². The molecule has 0 bridgehead atoms.